The molecule has 20 heavy (non-hydrogen) atoms. The lowest BCUT2D eigenvalue weighted by molar-refractivity contribution is 0.225. The average Bonchev–Trinajstić information content (AvgIpc) is 2.87. The normalized spacial score (nSPS) is 18.8. The smallest absolute Gasteiger partial charge is 0.244 e. The molecule has 0 spiro atoms. The third kappa shape index (κ3) is 3.54. The average molecular weight is 337 g/mol. The summed E-state index contributed by atoms with van der Waals surface area (Å²) in [6.45, 7) is 2.25. The highest BCUT2D eigenvalue weighted by Gasteiger charge is 2.31. The number of hydrogen-bond donors (Lipinski definition) is 0. The first-order chi connectivity index (χ1) is 9.45. The van der Waals surface area contributed by atoms with Gasteiger partial charge in [0.2, 0.25) is 10.0 Å². The molecule has 1 aliphatic rings. The minimum atomic E-state index is -3.37. The van der Waals surface area contributed by atoms with Crippen molar-refractivity contribution < 1.29 is 8.42 Å². The van der Waals surface area contributed by atoms with Crippen LogP contribution in [0.25, 0.3) is 0 Å². The highest BCUT2D eigenvalue weighted by Crippen LogP contribution is 2.29. The molecule has 2 heterocycles. The zero-order valence-corrected chi connectivity index (χ0v) is 14.3. The molecule has 1 fully saturated rings. The Balaban J connectivity index is 2.06. The standard InChI is InChI=1S/C13H21ClN2O2S2/c1-15(2)10-11-3-6-16(7-4-11)20(17,18)13-5-8-19-12(13)9-14/h5,8,11H,3-4,6-7,9-10H2,1-2H3. The van der Waals surface area contributed by atoms with Crippen LogP contribution in [0.3, 0.4) is 0 Å². The molecule has 4 nitrogen and oxygen atoms in total. The van der Waals surface area contributed by atoms with Crippen molar-refractivity contribution in [3.8, 4) is 0 Å². The number of sulfonamides is 1. The van der Waals surface area contributed by atoms with Crippen LogP contribution in [-0.4, -0.2) is 51.4 Å². The summed E-state index contributed by atoms with van der Waals surface area (Å²) in [6.07, 6.45) is 1.86. The van der Waals surface area contributed by atoms with E-state index in [9.17, 15) is 8.42 Å². The van der Waals surface area contributed by atoms with Crippen LogP contribution in [-0.2, 0) is 15.9 Å². The number of nitrogens with zero attached hydrogens (tertiary/aromatic N) is 2. The first-order valence-electron chi connectivity index (χ1n) is 6.72. The number of piperidine rings is 1. The van der Waals surface area contributed by atoms with Gasteiger partial charge in [0.15, 0.2) is 0 Å². The van der Waals surface area contributed by atoms with Crippen molar-refractivity contribution in [2.45, 2.75) is 23.6 Å². The van der Waals surface area contributed by atoms with E-state index >= 15 is 0 Å². The van der Waals surface area contributed by atoms with Crippen molar-refractivity contribution in [1.29, 1.82) is 0 Å². The van der Waals surface area contributed by atoms with Gasteiger partial charge in [-0.15, -0.1) is 22.9 Å². The second kappa shape index (κ2) is 6.75. The van der Waals surface area contributed by atoms with Crippen LogP contribution < -0.4 is 0 Å². The predicted molar refractivity (Wildman–Crippen MR) is 83.9 cm³/mol. The number of alkyl halides is 1. The Hall–Kier alpha value is -0.140. The fourth-order valence-electron chi connectivity index (χ4n) is 2.64. The van der Waals surface area contributed by atoms with Crippen molar-refractivity contribution in [3.05, 3.63) is 16.3 Å². The fraction of sp³-hybridized carbons (Fsp3) is 0.692. The molecular formula is C13H21ClN2O2S2. The predicted octanol–water partition coefficient (Wildman–Crippen LogP) is 2.45. The molecule has 0 saturated carbocycles. The summed E-state index contributed by atoms with van der Waals surface area (Å²) in [7, 11) is 0.746. The molecule has 0 unspecified atom stereocenters. The Bertz CT molecular complexity index is 534. The van der Waals surface area contributed by atoms with Crippen molar-refractivity contribution in [3.63, 3.8) is 0 Å². The Labute approximate surface area is 130 Å². The number of hydrogen-bond acceptors (Lipinski definition) is 4. The van der Waals surface area contributed by atoms with E-state index in [-0.39, 0.29) is 5.88 Å². The number of rotatable bonds is 5. The minimum Gasteiger partial charge on any atom is -0.309 e. The second-order valence-corrected chi connectivity index (χ2v) is 8.63. The van der Waals surface area contributed by atoms with Crippen LogP contribution in [0.15, 0.2) is 16.3 Å². The van der Waals surface area contributed by atoms with Crippen LogP contribution in [0.4, 0.5) is 0 Å². The van der Waals surface area contributed by atoms with Crippen molar-refractivity contribution in [2.24, 2.45) is 5.92 Å². The summed E-state index contributed by atoms with van der Waals surface area (Å²) >= 11 is 7.23. The van der Waals surface area contributed by atoms with Gasteiger partial charge < -0.3 is 4.90 Å². The molecule has 0 atom stereocenters. The maximum absolute atomic E-state index is 12.6. The van der Waals surface area contributed by atoms with Gasteiger partial charge in [-0.05, 0) is 44.3 Å². The van der Waals surface area contributed by atoms with E-state index in [1.165, 1.54) is 11.3 Å². The van der Waals surface area contributed by atoms with Gasteiger partial charge in [0.1, 0.15) is 0 Å². The summed E-state index contributed by atoms with van der Waals surface area (Å²) < 4.78 is 26.8. The van der Waals surface area contributed by atoms with E-state index in [1.54, 1.807) is 15.8 Å². The topological polar surface area (TPSA) is 40.6 Å². The summed E-state index contributed by atoms with van der Waals surface area (Å²) in [6, 6.07) is 1.67. The molecule has 0 bridgehead atoms. The SMILES string of the molecule is CN(C)CC1CCN(S(=O)(=O)c2ccsc2CCl)CC1. The minimum absolute atomic E-state index is 0.253. The van der Waals surface area contributed by atoms with Crippen LogP contribution >= 0.6 is 22.9 Å². The van der Waals surface area contributed by atoms with Crippen molar-refractivity contribution >= 4 is 33.0 Å². The van der Waals surface area contributed by atoms with Crippen LogP contribution in [0.1, 0.15) is 17.7 Å². The fourth-order valence-corrected chi connectivity index (χ4v) is 5.79. The lowest BCUT2D eigenvalue weighted by atomic mass is 9.98. The van der Waals surface area contributed by atoms with Gasteiger partial charge in [-0.3, -0.25) is 0 Å². The molecule has 114 valence electrons. The molecular weight excluding hydrogens is 316 g/mol. The van der Waals surface area contributed by atoms with Crippen LogP contribution in [0, 0.1) is 5.92 Å². The van der Waals surface area contributed by atoms with Gasteiger partial charge in [0.05, 0.1) is 10.8 Å². The van der Waals surface area contributed by atoms with E-state index in [2.05, 4.69) is 19.0 Å². The van der Waals surface area contributed by atoms with Gasteiger partial charge in [-0.1, -0.05) is 0 Å². The summed E-state index contributed by atoms with van der Waals surface area (Å²) in [5.74, 6) is 0.843. The lowest BCUT2D eigenvalue weighted by Gasteiger charge is -2.32. The van der Waals surface area contributed by atoms with Gasteiger partial charge in [0, 0.05) is 24.5 Å². The second-order valence-electron chi connectivity index (χ2n) is 5.45. The van der Waals surface area contributed by atoms with E-state index < -0.39 is 10.0 Å². The summed E-state index contributed by atoms with van der Waals surface area (Å²) in [5.41, 5.74) is 0. The van der Waals surface area contributed by atoms with Gasteiger partial charge in [-0.2, -0.15) is 4.31 Å². The van der Waals surface area contributed by atoms with Crippen LogP contribution in [0.2, 0.25) is 0 Å². The van der Waals surface area contributed by atoms with E-state index in [0.29, 0.717) is 23.9 Å². The zero-order valence-electron chi connectivity index (χ0n) is 11.9. The summed E-state index contributed by atoms with van der Waals surface area (Å²) in [4.78, 5) is 3.30. The molecule has 0 radical (unpaired) electrons. The molecule has 0 N–H and O–H groups in total. The van der Waals surface area contributed by atoms with Crippen molar-refractivity contribution in [1.82, 2.24) is 9.21 Å². The van der Waals surface area contributed by atoms with E-state index in [4.69, 9.17) is 11.6 Å². The molecule has 7 heteroatoms. The van der Waals surface area contributed by atoms with E-state index in [0.717, 1.165) is 24.3 Å². The highest BCUT2D eigenvalue weighted by molar-refractivity contribution is 7.89. The lowest BCUT2D eigenvalue weighted by Crippen LogP contribution is -2.40. The zero-order chi connectivity index (χ0) is 14.8. The third-order valence-corrected chi connectivity index (χ3v) is 7.10. The van der Waals surface area contributed by atoms with Gasteiger partial charge in [-0.25, -0.2) is 8.42 Å². The highest BCUT2D eigenvalue weighted by atomic mass is 35.5. The molecule has 1 saturated heterocycles. The van der Waals surface area contributed by atoms with Gasteiger partial charge in [0.25, 0.3) is 0 Å². The van der Waals surface area contributed by atoms with Crippen molar-refractivity contribution in [2.75, 3.05) is 33.7 Å². The molecule has 1 aliphatic heterocycles. The monoisotopic (exact) mass is 336 g/mol. The molecule has 1 aromatic heterocycles. The number of halogens is 1. The maximum Gasteiger partial charge on any atom is 0.244 e. The Kier molecular flexibility index (Phi) is 5.48. The first kappa shape index (κ1) is 16.2. The number of thiophene rings is 1. The molecule has 0 aromatic carbocycles. The molecule has 1 aromatic rings. The maximum atomic E-state index is 12.6. The Morgan fingerprint density at radius 3 is 2.60 bits per heavy atom. The summed E-state index contributed by atoms with van der Waals surface area (Å²) in [5, 5.41) is 1.80. The Morgan fingerprint density at radius 1 is 1.40 bits per heavy atom. The first-order valence-corrected chi connectivity index (χ1v) is 9.57. The molecule has 2 rings (SSSR count). The molecule has 0 aliphatic carbocycles. The Morgan fingerprint density at radius 2 is 2.05 bits per heavy atom. The third-order valence-electron chi connectivity index (χ3n) is 3.64. The van der Waals surface area contributed by atoms with E-state index in [1.807, 2.05) is 0 Å². The largest absolute Gasteiger partial charge is 0.309 e. The van der Waals surface area contributed by atoms with Gasteiger partial charge >= 0.3 is 0 Å². The molecule has 0 amide bonds. The quantitative estimate of drug-likeness (QED) is 0.775. The van der Waals surface area contributed by atoms with Crippen LogP contribution in [0.5, 0.6) is 0 Å².